The zero-order valence-corrected chi connectivity index (χ0v) is 18.7. The molecule has 1 aromatic heterocycles. The fourth-order valence-electron chi connectivity index (χ4n) is 2.64. The maximum absolute atomic E-state index is 11.8. The molecule has 1 fully saturated rings. The van der Waals surface area contributed by atoms with Crippen LogP contribution in [0.5, 0.6) is 0 Å². The molecule has 1 saturated carbocycles. The summed E-state index contributed by atoms with van der Waals surface area (Å²) >= 11 is 1.75. The molecule has 1 amide bonds. The largest absolute Gasteiger partial charge is 0.356 e. The number of halogens is 1. The van der Waals surface area contributed by atoms with E-state index < -0.39 is 0 Å². The van der Waals surface area contributed by atoms with Crippen molar-refractivity contribution in [2.45, 2.75) is 52.0 Å². The number of nitrogens with zero attached hydrogens (tertiary/aromatic N) is 3. The second kappa shape index (κ2) is 10.9. The maximum Gasteiger partial charge on any atom is 0.243 e. The van der Waals surface area contributed by atoms with Gasteiger partial charge in [-0.2, -0.15) is 0 Å². The van der Waals surface area contributed by atoms with Gasteiger partial charge in [0.15, 0.2) is 5.96 Å². The number of hydrogen-bond acceptors (Lipinski definition) is 4. The molecule has 8 heteroatoms. The molecular weight excluding hydrogens is 449 g/mol. The zero-order chi connectivity index (χ0) is 17.5. The van der Waals surface area contributed by atoms with E-state index in [2.05, 4.69) is 27.5 Å². The lowest BCUT2D eigenvalue weighted by Crippen LogP contribution is -2.43. The summed E-state index contributed by atoms with van der Waals surface area (Å²) in [5, 5.41) is 7.96. The molecule has 25 heavy (non-hydrogen) atoms. The van der Waals surface area contributed by atoms with E-state index in [9.17, 15) is 4.79 Å². The summed E-state index contributed by atoms with van der Waals surface area (Å²) in [6, 6.07) is 0.468. The number of aliphatic imine (C=N–C) groups is 1. The molecule has 0 unspecified atom stereocenters. The first-order chi connectivity index (χ1) is 11.5. The Labute approximate surface area is 171 Å². The van der Waals surface area contributed by atoms with Crippen molar-refractivity contribution in [2.75, 3.05) is 27.2 Å². The molecule has 0 aromatic carbocycles. The van der Waals surface area contributed by atoms with Crippen molar-refractivity contribution in [1.82, 2.24) is 20.5 Å². The molecule has 1 aliphatic carbocycles. The third-order valence-electron chi connectivity index (χ3n) is 4.27. The molecule has 1 heterocycles. The van der Waals surface area contributed by atoms with Gasteiger partial charge in [-0.15, -0.1) is 35.3 Å². The molecule has 0 aliphatic heterocycles. The number of amides is 1. The van der Waals surface area contributed by atoms with E-state index >= 15 is 0 Å². The number of carbonyl (C=O) groups is 1. The van der Waals surface area contributed by atoms with Gasteiger partial charge in [-0.1, -0.05) is 12.8 Å². The third-order valence-corrected chi connectivity index (χ3v) is 5.40. The second-order valence-corrected chi connectivity index (χ2v) is 7.79. The quantitative estimate of drug-likeness (QED) is 0.374. The second-order valence-electron chi connectivity index (χ2n) is 6.50. The van der Waals surface area contributed by atoms with Crippen molar-refractivity contribution in [2.24, 2.45) is 4.99 Å². The molecule has 0 bridgehead atoms. The first-order valence-corrected chi connectivity index (χ1v) is 9.45. The Hall–Kier alpha value is -0.900. The van der Waals surface area contributed by atoms with Gasteiger partial charge in [0.05, 0.1) is 10.7 Å². The molecule has 0 saturated heterocycles. The summed E-state index contributed by atoms with van der Waals surface area (Å²) in [7, 11) is 3.50. The van der Waals surface area contributed by atoms with Gasteiger partial charge in [0, 0.05) is 38.0 Å². The molecule has 2 rings (SSSR count). The van der Waals surface area contributed by atoms with Gasteiger partial charge in [0.1, 0.15) is 6.54 Å². The summed E-state index contributed by atoms with van der Waals surface area (Å²) in [5.41, 5.74) is 1.12. The zero-order valence-electron chi connectivity index (χ0n) is 15.6. The van der Waals surface area contributed by atoms with E-state index in [0.717, 1.165) is 29.6 Å². The Balaban J connectivity index is 0.00000312. The Bertz CT molecular complexity index is 562. The van der Waals surface area contributed by atoms with Crippen molar-refractivity contribution in [1.29, 1.82) is 0 Å². The highest BCUT2D eigenvalue weighted by Crippen LogP contribution is 2.18. The van der Waals surface area contributed by atoms with Crippen LogP contribution in [0, 0.1) is 13.8 Å². The van der Waals surface area contributed by atoms with Gasteiger partial charge in [-0.3, -0.25) is 4.79 Å². The van der Waals surface area contributed by atoms with Crippen LogP contribution in [-0.4, -0.2) is 55.0 Å². The van der Waals surface area contributed by atoms with Gasteiger partial charge in [0.2, 0.25) is 5.91 Å². The SMILES string of the molecule is Cc1nc(CCNC(=NCC(=O)N(C)C)NC2CCCC2)sc1C.I. The monoisotopic (exact) mass is 479 g/mol. The highest BCUT2D eigenvalue weighted by molar-refractivity contribution is 14.0. The fraction of sp³-hybridized carbons (Fsp3) is 0.706. The number of hydrogen-bond donors (Lipinski definition) is 2. The lowest BCUT2D eigenvalue weighted by atomic mass is 10.2. The lowest BCUT2D eigenvalue weighted by Gasteiger charge is -2.17. The van der Waals surface area contributed by atoms with Crippen LogP contribution in [0.1, 0.15) is 41.3 Å². The van der Waals surface area contributed by atoms with Crippen LogP contribution in [0.4, 0.5) is 0 Å². The van der Waals surface area contributed by atoms with Crippen molar-refractivity contribution in [3.63, 3.8) is 0 Å². The Morgan fingerprint density at radius 3 is 2.56 bits per heavy atom. The van der Waals surface area contributed by atoms with Crippen LogP contribution in [0.15, 0.2) is 4.99 Å². The molecule has 142 valence electrons. The van der Waals surface area contributed by atoms with Crippen molar-refractivity contribution in [3.05, 3.63) is 15.6 Å². The predicted octanol–water partition coefficient (Wildman–Crippen LogP) is 2.49. The fourth-order valence-corrected chi connectivity index (χ4v) is 3.57. The molecule has 0 spiro atoms. The molecule has 0 radical (unpaired) electrons. The van der Waals surface area contributed by atoms with Crippen molar-refractivity contribution in [3.8, 4) is 0 Å². The Morgan fingerprint density at radius 2 is 2.00 bits per heavy atom. The molecular formula is C17H30IN5OS. The van der Waals surface area contributed by atoms with E-state index in [4.69, 9.17) is 0 Å². The minimum atomic E-state index is 0. The predicted molar refractivity (Wildman–Crippen MR) is 115 cm³/mol. The van der Waals surface area contributed by atoms with Crippen LogP contribution in [0.25, 0.3) is 0 Å². The van der Waals surface area contributed by atoms with Crippen LogP contribution in [0.3, 0.4) is 0 Å². The van der Waals surface area contributed by atoms with Crippen LogP contribution in [0.2, 0.25) is 0 Å². The van der Waals surface area contributed by atoms with Crippen LogP contribution < -0.4 is 10.6 Å². The molecule has 2 N–H and O–H groups in total. The van der Waals surface area contributed by atoms with Gasteiger partial charge in [0.25, 0.3) is 0 Å². The Kier molecular flexibility index (Phi) is 9.70. The van der Waals surface area contributed by atoms with E-state index in [1.54, 1.807) is 30.3 Å². The van der Waals surface area contributed by atoms with Gasteiger partial charge in [-0.05, 0) is 26.7 Å². The molecule has 0 atom stereocenters. The van der Waals surface area contributed by atoms with Crippen molar-refractivity contribution < 1.29 is 4.79 Å². The lowest BCUT2D eigenvalue weighted by molar-refractivity contribution is -0.127. The van der Waals surface area contributed by atoms with Gasteiger partial charge >= 0.3 is 0 Å². The average molecular weight is 479 g/mol. The number of aryl methyl sites for hydroxylation is 2. The summed E-state index contributed by atoms with van der Waals surface area (Å²) in [4.78, 5) is 23.6. The van der Waals surface area contributed by atoms with Crippen LogP contribution >= 0.6 is 35.3 Å². The summed E-state index contributed by atoms with van der Waals surface area (Å²) in [6.45, 7) is 5.08. The third kappa shape index (κ3) is 7.47. The van der Waals surface area contributed by atoms with Gasteiger partial charge in [-0.25, -0.2) is 9.98 Å². The number of aromatic nitrogens is 1. The number of carbonyl (C=O) groups excluding carboxylic acids is 1. The first kappa shape index (κ1) is 22.1. The summed E-state index contributed by atoms with van der Waals surface area (Å²) < 4.78 is 0. The minimum Gasteiger partial charge on any atom is -0.356 e. The number of likely N-dealkylation sites (N-methyl/N-ethyl adjacent to an activating group) is 1. The van der Waals surface area contributed by atoms with E-state index in [-0.39, 0.29) is 36.4 Å². The summed E-state index contributed by atoms with van der Waals surface area (Å²) in [6.07, 6.45) is 5.74. The summed E-state index contributed by atoms with van der Waals surface area (Å²) in [5.74, 6) is 0.746. The number of rotatable bonds is 6. The first-order valence-electron chi connectivity index (χ1n) is 8.63. The smallest absolute Gasteiger partial charge is 0.243 e. The molecule has 6 nitrogen and oxygen atoms in total. The molecule has 1 aromatic rings. The highest BCUT2D eigenvalue weighted by atomic mass is 127. The average Bonchev–Trinajstić information content (AvgIpc) is 3.14. The number of nitrogens with one attached hydrogen (secondary N) is 2. The van der Waals surface area contributed by atoms with Gasteiger partial charge < -0.3 is 15.5 Å². The highest BCUT2D eigenvalue weighted by Gasteiger charge is 2.16. The Morgan fingerprint density at radius 1 is 1.32 bits per heavy atom. The van der Waals surface area contributed by atoms with Crippen molar-refractivity contribution >= 4 is 47.2 Å². The number of guanidine groups is 1. The number of thiazole rings is 1. The molecule has 1 aliphatic rings. The minimum absolute atomic E-state index is 0. The van der Waals surface area contributed by atoms with E-state index in [1.807, 2.05) is 6.92 Å². The maximum atomic E-state index is 11.8. The normalized spacial score (nSPS) is 15.0. The topological polar surface area (TPSA) is 69.6 Å². The van der Waals surface area contributed by atoms with E-state index in [1.165, 1.54) is 30.6 Å². The van der Waals surface area contributed by atoms with Crippen LogP contribution in [-0.2, 0) is 11.2 Å². The standard InChI is InChI=1S/C17H29N5OS.HI/c1-12-13(2)24-15(20-12)9-10-18-17(19-11-16(23)22(3)4)21-14-7-5-6-8-14;/h14H,5-11H2,1-4H3,(H2,18,19,21);1H. The van der Waals surface area contributed by atoms with E-state index in [0.29, 0.717) is 6.04 Å².